The number of methoxy groups -OCH3 is 1. The summed E-state index contributed by atoms with van der Waals surface area (Å²) in [5.41, 5.74) is 3.29. The zero-order chi connectivity index (χ0) is 16.9. The summed E-state index contributed by atoms with van der Waals surface area (Å²) < 4.78 is 8.44. The molecule has 3 rings (SSSR count). The summed E-state index contributed by atoms with van der Waals surface area (Å²) in [7, 11) is 1.68. The number of nitrogens with zero attached hydrogens (tertiary/aromatic N) is 2. The maximum atomic E-state index is 12.4. The molecule has 5 heteroatoms. The van der Waals surface area contributed by atoms with Gasteiger partial charge in [0, 0.05) is 13.7 Å². The van der Waals surface area contributed by atoms with Crippen LogP contribution in [0.3, 0.4) is 0 Å². The van der Waals surface area contributed by atoms with Gasteiger partial charge in [-0.3, -0.25) is 4.79 Å². The van der Waals surface area contributed by atoms with E-state index in [1.807, 2.05) is 36.4 Å². The Labute approximate surface area is 145 Å². The summed E-state index contributed by atoms with van der Waals surface area (Å²) in [6.45, 7) is 3.34. The molecule has 0 aliphatic heterocycles. The molecule has 0 saturated carbocycles. The van der Waals surface area contributed by atoms with Crippen molar-refractivity contribution in [1.82, 2.24) is 4.57 Å². The molecular formula is C19H20N2O2S. The van der Waals surface area contributed by atoms with Gasteiger partial charge < -0.3 is 9.30 Å². The highest BCUT2D eigenvalue weighted by molar-refractivity contribution is 7.16. The van der Waals surface area contributed by atoms with Crippen molar-refractivity contribution in [2.75, 3.05) is 13.7 Å². The van der Waals surface area contributed by atoms with Gasteiger partial charge in [-0.15, -0.1) is 0 Å². The van der Waals surface area contributed by atoms with E-state index in [0.29, 0.717) is 19.6 Å². The number of hydrogen-bond donors (Lipinski definition) is 0. The molecule has 2 aromatic carbocycles. The topological polar surface area (TPSA) is 43.6 Å². The molecule has 0 N–H and O–H groups in total. The molecule has 0 radical (unpaired) electrons. The van der Waals surface area contributed by atoms with E-state index in [1.165, 1.54) is 5.56 Å². The highest BCUT2D eigenvalue weighted by Gasteiger charge is 2.10. The molecule has 1 amide bonds. The summed E-state index contributed by atoms with van der Waals surface area (Å²) >= 11 is 1.55. The van der Waals surface area contributed by atoms with Gasteiger partial charge in [0.05, 0.1) is 23.2 Å². The Bertz CT molecular complexity index is 910. The summed E-state index contributed by atoms with van der Waals surface area (Å²) in [6.07, 6.45) is 0.318. The van der Waals surface area contributed by atoms with Gasteiger partial charge in [-0.05, 0) is 24.1 Å². The molecule has 124 valence electrons. The summed E-state index contributed by atoms with van der Waals surface area (Å²) in [5, 5.41) is 0. The molecule has 4 nitrogen and oxygen atoms in total. The van der Waals surface area contributed by atoms with Gasteiger partial charge >= 0.3 is 0 Å². The number of carbonyl (C=O) groups is 1. The first-order valence-corrected chi connectivity index (χ1v) is 8.70. The first kappa shape index (κ1) is 16.6. The van der Waals surface area contributed by atoms with Crippen molar-refractivity contribution in [2.24, 2.45) is 4.99 Å². The SMILES string of the molecule is COCCn1c(=NC(=O)Cc2ccccc2)sc2cccc(C)c21. The van der Waals surface area contributed by atoms with E-state index in [4.69, 9.17) is 4.74 Å². The minimum absolute atomic E-state index is 0.128. The predicted octanol–water partition coefficient (Wildman–Crippen LogP) is 3.33. The van der Waals surface area contributed by atoms with E-state index in [0.717, 1.165) is 20.6 Å². The number of carbonyl (C=O) groups excluding carboxylic acids is 1. The third kappa shape index (κ3) is 3.63. The van der Waals surface area contributed by atoms with Crippen molar-refractivity contribution in [1.29, 1.82) is 0 Å². The lowest BCUT2D eigenvalue weighted by atomic mass is 10.1. The van der Waals surface area contributed by atoms with Crippen molar-refractivity contribution in [3.63, 3.8) is 0 Å². The molecule has 0 aliphatic rings. The van der Waals surface area contributed by atoms with Gasteiger partial charge in [-0.25, -0.2) is 0 Å². The van der Waals surface area contributed by atoms with Crippen LogP contribution in [-0.2, 0) is 22.5 Å². The molecule has 0 fully saturated rings. The van der Waals surface area contributed by atoms with Crippen LogP contribution < -0.4 is 4.80 Å². The largest absolute Gasteiger partial charge is 0.383 e. The Morgan fingerprint density at radius 2 is 1.96 bits per heavy atom. The molecule has 1 aromatic heterocycles. The standard InChI is InChI=1S/C19H20N2O2S/c1-14-7-6-10-16-18(14)21(11-12-23-2)19(24-16)20-17(22)13-15-8-4-3-5-9-15/h3-10H,11-13H2,1-2H3. The quantitative estimate of drug-likeness (QED) is 0.715. The van der Waals surface area contributed by atoms with Crippen LogP contribution in [-0.4, -0.2) is 24.2 Å². The Morgan fingerprint density at radius 1 is 1.17 bits per heavy atom. The zero-order valence-electron chi connectivity index (χ0n) is 13.9. The second-order valence-corrected chi connectivity index (χ2v) is 6.63. The van der Waals surface area contributed by atoms with Crippen LogP contribution >= 0.6 is 11.3 Å². The Balaban J connectivity index is 2.01. The van der Waals surface area contributed by atoms with Gasteiger partial charge in [-0.1, -0.05) is 53.8 Å². The third-order valence-corrected chi connectivity index (χ3v) is 4.88. The second-order valence-electron chi connectivity index (χ2n) is 5.62. The van der Waals surface area contributed by atoms with E-state index in [-0.39, 0.29) is 5.91 Å². The van der Waals surface area contributed by atoms with Crippen molar-refractivity contribution < 1.29 is 9.53 Å². The van der Waals surface area contributed by atoms with E-state index in [1.54, 1.807) is 18.4 Å². The average Bonchev–Trinajstić information content (AvgIpc) is 2.92. The molecule has 0 spiro atoms. The van der Waals surface area contributed by atoms with Crippen LogP contribution in [0, 0.1) is 6.92 Å². The Hall–Kier alpha value is -2.24. The monoisotopic (exact) mass is 340 g/mol. The fourth-order valence-electron chi connectivity index (χ4n) is 2.70. The van der Waals surface area contributed by atoms with Gasteiger partial charge in [0.15, 0.2) is 4.80 Å². The number of ether oxygens (including phenoxy) is 1. The van der Waals surface area contributed by atoms with Crippen LogP contribution in [0.1, 0.15) is 11.1 Å². The zero-order valence-corrected chi connectivity index (χ0v) is 14.7. The second kappa shape index (κ2) is 7.55. The molecule has 3 aromatic rings. The Kier molecular flexibility index (Phi) is 5.23. The van der Waals surface area contributed by atoms with Crippen molar-refractivity contribution in [3.8, 4) is 0 Å². The number of hydrogen-bond acceptors (Lipinski definition) is 3. The van der Waals surface area contributed by atoms with Crippen LogP contribution in [0.2, 0.25) is 0 Å². The highest BCUT2D eigenvalue weighted by Crippen LogP contribution is 2.20. The minimum Gasteiger partial charge on any atom is -0.383 e. The molecular weight excluding hydrogens is 320 g/mol. The van der Waals surface area contributed by atoms with Crippen molar-refractivity contribution in [3.05, 3.63) is 64.5 Å². The van der Waals surface area contributed by atoms with Crippen LogP contribution in [0.4, 0.5) is 0 Å². The van der Waals surface area contributed by atoms with Gasteiger partial charge in [0.1, 0.15) is 0 Å². The molecule has 0 saturated heterocycles. The molecule has 0 bridgehead atoms. The number of thiazole rings is 1. The maximum Gasteiger partial charge on any atom is 0.252 e. The molecule has 0 unspecified atom stereocenters. The first-order valence-electron chi connectivity index (χ1n) is 7.88. The number of aromatic nitrogens is 1. The predicted molar refractivity (Wildman–Crippen MR) is 97.1 cm³/mol. The van der Waals surface area contributed by atoms with Gasteiger partial charge in [-0.2, -0.15) is 4.99 Å². The normalized spacial score (nSPS) is 12.0. The number of fused-ring (bicyclic) bond motifs is 1. The number of aryl methyl sites for hydroxylation is 1. The number of para-hydroxylation sites is 1. The molecule has 0 aliphatic carbocycles. The van der Waals surface area contributed by atoms with E-state index in [2.05, 4.69) is 28.6 Å². The maximum absolute atomic E-state index is 12.4. The van der Waals surface area contributed by atoms with Crippen LogP contribution in [0.25, 0.3) is 10.2 Å². The highest BCUT2D eigenvalue weighted by atomic mass is 32.1. The van der Waals surface area contributed by atoms with Gasteiger partial charge in [0.25, 0.3) is 5.91 Å². The summed E-state index contributed by atoms with van der Waals surface area (Å²) in [5.74, 6) is -0.128. The number of amides is 1. The average molecular weight is 340 g/mol. The van der Waals surface area contributed by atoms with E-state index < -0.39 is 0 Å². The third-order valence-electron chi connectivity index (χ3n) is 3.84. The minimum atomic E-state index is -0.128. The van der Waals surface area contributed by atoms with Crippen LogP contribution in [0.5, 0.6) is 0 Å². The first-order chi connectivity index (χ1) is 11.7. The molecule has 0 atom stereocenters. The smallest absolute Gasteiger partial charge is 0.252 e. The van der Waals surface area contributed by atoms with Crippen LogP contribution in [0.15, 0.2) is 53.5 Å². The fourth-order valence-corrected chi connectivity index (χ4v) is 3.85. The lowest BCUT2D eigenvalue weighted by molar-refractivity contribution is -0.117. The van der Waals surface area contributed by atoms with Crippen molar-refractivity contribution >= 4 is 27.5 Å². The summed E-state index contributed by atoms with van der Waals surface area (Å²) in [6, 6.07) is 15.9. The summed E-state index contributed by atoms with van der Waals surface area (Å²) in [4.78, 5) is 17.5. The number of rotatable bonds is 5. The van der Waals surface area contributed by atoms with Crippen molar-refractivity contribution in [2.45, 2.75) is 19.9 Å². The van der Waals surface area contributed by atoms with E-state index >= 15 is 0 Å². The number of benzene rings is 2. The Morgan fingerprint density at radius 3 is 2.71 bits per heavy atom. The lowest BCUT2D eigenvalue weighted by Gasteiger charge is -2.06. The molecule has 24 heavy (non-hydrogen) atoms. The fraction of sp³-hybridized carbons (Fsp3) is 0.263. The molecule has 1 heterocycles. The van der Waals surface area contributed by atoms with Gasteiger partial charge in [0.2, 0.25) is 0 Å². The lowest BCUT2D eigenvalue weighted by Crippen LogP contribution is -2.20. The van der Waals surface area contributed by atoms with E-state index in [9.17, 15) is 4.79 Å².